The van der Waals surface area contributed by atoms with E-state index in [9.17, 15) is 4.79 Å². The zero-order valence-corrected chi connectivity index (χ0v) is 19.0. The number of urea groups is 1. The van der Waals surface area contributed by atoms with E-state index in [2.05, 4.69) is 31.2 Å². The second kappa shape index (κ2) is 8.99. The summed E-state index contributed by atoms with van der Waals surface area (Å²) in [5.41, 5.74) is 7.42. The first-order valence-corrected chi connectivity index (χ1v) is 10.7. The third-order valence-electron chi connectivity index (χ3n) is 5.44. The Kier molecular flexibility index (Phi) is 6.13. The number of pyridine rings is 1. The molecule has 0 unspecified atom stereocenters. The highest BCUT2D eigenvalue weighted by molar-refractivity contribution is 6.35. The molecule has 1 saturated heterocycles. The zero-order chi connectivity index (χ0) is 22.8. The minimum Gasteiger partial charge on any atom is -0.368 e. The molecule has 1 aliphatic heterocycles. The SMILES string of the molecule is C[C@H](Nc1ncnc(N)n1)c1cc2cccc(Cl)c2nc1N1CCN(C(=O)N(C)C)CC1. The average Bonchev–Trinajstić information content (AvgIpc) is 2.78. The number of fused-ring (bicyclic) bond motifs is 1. The minimum atomic E-state index is -0.163. The fourth-order valence-electron chi connectivity index (χ4n) is 3.78. The maximum atomic E-state index is 12.3. The molecule has 168 valence electrons. The topological polar surface area (TPSA) is 116 Å². The summed E-state index contributed by atoms with van der Waals surface area (Å²) in [6.45, 7) is 4.58. The molecular weight excluding hydrogens is 430 g/mol. The fraction of sp³-hybridized carbons (Fsp3) is 0.381. The lowest BCUT2D eigenvalue weighted by Crippen LogP contribution is -2.52. The third kappa shape index (κ3) is 4.45. The molecule has 1 aliphatic rings. The van der Waals surface area contributed by atoms with Crippen molar-refractivity contribution in [1.82, 2.24) is 29.7 Å². The van der Waals surface area contributed by atoms with Crippen LogP contribution in [0.1, 0.15) is 18.5 Å². The number of benzene rings is 1. The first-order valence-electron chi connectivity index (χ1n) is 10.3. The fourth-order valence-corrected chi connectivity index (χ4v) is 4.01. The number of anilines is 3. The second-order valence-electron chi connectivity index (χ2n) is 7.90. The van der Waals surface area contributed by atoms with Gasteiger partial charge in [0, 0.05) is 51.2 Å². The summed E-state index contributed by atoms with van der Waals surface area (Å²) < 4.78 is 0. The van der Waals surface area contributed by atoms with Crippen molar-refractivity contribution < 1.29 is 4.79 Å². The number of piperazine rings is 1. The van der Waals surface area contributed by atoms with Gasteiger partial charge in [0.2, 0.25) is 11.9 Å². The normalized spacial score (nSPS) is 15.0. The van der Waals surface area contributed by atoms with Gasteiger partial charge in [0.15, 0.2) is 0 Å². The van der Waals surface area contributed by atoms with E-state index in [0.29, 0.717) is 37.1 Å². The van der Waals surface area contributed by atoms with Gasteiger partial charge in [-0.15, -0.1) is 0 Å². The van der Waals surface area contributed by atoms with Gasteiger partial charge >= 0.3 is 6.03 Å². The Bertz CT molecular complexity index is 1130. The molecule has 3 N–H and O–H groups in total. The van der Waals surface area contributed by atoms with Crippen LogP contribution in [0.5, 0.6) is 0 Å². The Labute approximate surface area is 191 Å². The zero-order valence-electron chi connectivity index (χ0n) is 18.3. The smallest absolute Gasteiger partial charge is 0.319 e. The van der Waals surface area contributed by atoms with Gasteiger partial charge in [-0.3, -0.25) is 0 Å². The lowest BCUT2D eigenvalue weighted by molar-refractivity contribution is 0.168. The number of halogens is 1. The number of hydrogen-bond donors (Lipinski definition) is 2. The molecule has 0 aliphatic carbocycles. The van der Waals surface area contributed by atoms with E-state index in [1.165, 1.54) is 6.33 Å². The van der Waals surface area contributed by atoms with Crippen LogP contribution in [0.2, 0.25) is 5.02 Å². The van der Waals surface area contributed by atoms with Gasteiger partial charge in [0.05, 0.1) is 16.6 Å². The van der Waals surface area contributed by atoms with Crippen LogP contribution in [-0.4, -0.2) is 76.0 Å². The maximum absolute atomic E-state index is 12.3. The van der Waals surface area contributed by atoms with Crippen molar-refractivity contribution >= 4 is 46.2 Å². The summed E-state index contributed by atoms with van der Waals surface area (Å²) >= 11 is 6.45. The number of nitrogens with two attached hydrogens (primary N) is 1. The quantitative estimate of drug-likeness (QED) is 0.616. The highest BCUT2D eigenvalue weighted by Gasteiger charge is 2.26. The summed E-state index contributed by atoms with van der Waals surface area (Å²) in [6, 6.07) is 7.67. The predicted molar refractivity (Wildman–Crippen MR) is 126 cm³/mol. The highest BCUT2D eigenvalue weighted by Crippen LogP contribution is 2.33. The van der Waals surface area contributed by atoms with Crippen LogP contribution in [0.25, 0.3) is 10.9 Å². The van der Waals surface area contributed by atoms with E-state index in [1.807, 2.05) is 30.0 Å². The van der Waals surface area contributed by atoms with E-state index in [0.717, 1.165) is 22.3 Å². The number of para-hydroxylation sites is 1. The molecule has 11 heteroatoms. The standard InChI is InChI=1S/C21H26ClN9O/c1-13(26-20-25-12-24-19(23)28-20)15-11-14-5-4-6-16(22)17(14)27-18(15)30-7-9-31(10-8-30)21(32)29(2)3/h4-6,11-13H,7-10H2,1-3H3,(H3,23,24,25,26,28)/t13-/m0/s1. The third-order valence-corrected chi connectivity index (χ3v) is 5.74. The minimum absolute atomic E-state index is 0.0156. The van der Waals surface area contributed by atoms with Gasteiger partial charge in [0.25, 0.3) is 0 Å². The number of nitrogen functional groups attached to an aromatic ring is 1. The Morgan fingerprint density at radius 2 is 1.94 bits per heavy atom. The van der Waals surface area contributed by atoms with E-state index in [1.54, 1.807) is 19.0 Å². The van der Waals surface area contributed by atoms with Gasteiger partial charge in [-0.2, -0.15) is 4.98 Å². The molecule has 2 amide bonds. The van der Waals surface area contributed by atoms with Gasteiger partial charge in [-0.05, 0) is 19.1 Å². The molecule has 10 nitrogen and oxygen atoms in total. The van der Waals surface area contributed by atoms with Gasteiger partial charge in [-0.25, -0.2) is 19.7 Å². The van der Waals surface area contributed by atoms with Crippen molar-refractivity contribution in [2.24, 2.45) is 0 Å². The van der Waals surface area contributed by atoms with Crippen LogP contribution in [0.15, 0.2) is 30.6 Å². The van der Waals surface area contributed by atoms with E-state index >= 15 is 0 Å². The molecule has 2 aromatic heterocycles. The van der Waals surface area contributed by atoms with Crippen molar-refractivity contribution in [2.45, 2.75) is 13.0 Å². The maximum Gasteiger partial charge on any atom is 0.319 e. The number of nitrogens with zero attached hydrogens (tertiary/aromatic N) is 7. The summed E-state index contributed by atoms with van der Waals surface area (Å²) in [5.74, 6) is 1.37. The van der Waals surface area contributed by atoms with Crippen molar-refractivity contribution in [2.75, 3.05) is 56.2 Å². The first-order chi connectivity index (χ1) is 15.3. The summed E-state index contributed by atoms with van der Waals surface area (Å²) in [6.07, 6.45) is 1.37. The first kappa shape index (κ1) is 21.8. The molecule has 3 heterocycles. The monoisotopic (exact) mass is 455 g/mol. The number of hydrogen-bond acceptors (Lipinski definition) is 8. The van der Waals surface area contributed by atoms with Crippen molar-refractivity contribution in [3.63, 3.8) is 0 Å². The van der Waals surface area contributed by atoms with E-state index < -0.39 is 0 Å². The predicted octanol–water partition coefficient (Wildman–Crippen LogP) is 2.63. The molecule has 1 atom stereocenters. The van der Waals surface area contributed by atoms with Crippen LogP contribution in [-0.2, 0) is 0 Å². The number of amides is 2. The van der Waals surface area contributed by atoms with Crippen molar-refractivity contribution in [1.29, 1.82) is 0 Å². The van der Waals surface area contributed by atoms with Gasteiger partial charge in [0.1, 0.15) is 12.1 Å². The van der Waals surface area contributed by atoms with Gasteiger partial charge < -0.3 is 25.8 Å². The lowest BCUT2D eigenvalue weighted by Gasteiger charge is -2.37. The molecule has 0 radical (unpaired) electrons. The summed E-state index contributed by atoms with van der Waals surface area (Å²) in [5, 5.41) is 4.83. The number of rotatable bonds is 4. The number of carbonyl (C=O) groups is 1. The molecule has 0 saturated carbocycles. The molecule has 32 heavy (non-hydrogen) atoms. The molecular formula is C21H26ClN9O. The van der Waals surface area contributed by atoms with E-state index in [4.69, 9.17) is 22.3 Å². The van der Waals surface area contributed by atoms with Gasteiger partial charge in [-0.1, -0.05) is 23.7 Å². The Balaban J connectivity index is 1.67. The number of nitrogens with one attached hydrogen (secondary N) is 1. The Morgan fingerprint density at radius 1 is 1.19 bits per heavy atom. The Morgan fingerprint density at radius 3 is 2.62 bits per heavy atom. The van der Waals surface area contributed by atoms with Crippen LogP contribution >= 0.6 is 11.6 Å². The number of aromatic nitrogens is 4. The van der Waals surface area contributed by atoms with Crippen LogP contribution in [0.3, 0.4) is 0 Å². The molecule has 0 spiro atoms. The largest absolute Gasteiger partial charge is 0.368 e. The number of carbonyl (C=O) groups excluding carboxylic acids is 1. The summed E-state index contributed by atoms with van der Waals surface area (Å²) in [7, 11) is 3.53. The highest BCUT2D eigenvalue weighted by atomic mass is 35.5. The molecule has 4 rings (SSSR count). The Hall–Kier alpha value is -3.40. The summed E-state index contributed by atoms with van der Waals surface area (Å²) in [4.78, 5) is 35.0. The van der Waals surface area contributed by atoms with Crippen molar-refractivity contribution in [3.8, 4) is 0 Å². The molecule has 1 aromatic carbocycles. The second-order valence-corrected chi connectivity index (χ2v) is 8.30. The van der Waals surface area contributed by atoms with Crippen LogP contribution < -0.4 is 16.0 Å². The molecule has 1 fully saturated rings. The molecule has 3 aromatic rings. The molecule has 0 bridgehead atoms. The lowest BCUT2D eigenvalue weighted by atomic mass is 10.0. The van der Waals surface area contributed by atoms with Crippen molar-refractivity contribution in [3.05, 3.63) is 41.2 Å². The average molecular weight is 456 g/mol. The van der Waals surface area contributed by atoms with Crippen LogP contribution in [0.4, 0.5) is 22.5 Å². The van der Waals surface area contributed by atoms with E-state index in [-0.39, 0.29) is 18.0 Å². The van der Waals surface area contributed by atoms with Crippen LogP contribution in [0, 0.1) is 0 Å².